The van der Waals surface area contributed by atoms with Crippen molar-refractivity contribution in [1.29, 1.82) is 0 Å². The highest BCUT2D eigenvalue weighted by Gasteiger charge is 2.28. The van der Waals surface area contributed by atoms with Gasteiger partial charge in [0, 0.05) is 16.7 Å². The average Bonchev–Trinajstić information content (AvgIpc) is 3.65. The van der Waals surface area contributed by atoms with E-state index in [1.165, 1.54) is 19.3 Å². The summed E-state index contributed by atoms with van der Waals surface area (Å²) in [5.41, 5.74) is 3.24. The van der Waals surface area contributed by atoms with E-state index in [1.54, 1.807) is 27.7 Å². The molecule has 3 aromatic carbocycles. The highest BCUT2D eigenvalue weighted by atomic mass is 31.2. The Morgan fingerprint density at radius 3 is 1.58 bits per heavy atom. The van der Waals surface area contributed by atoms with Crippen LogP contribution in [0.2, 0.25) is 0 Å². The van der Waals surface area contributed by atoms with Crippen molar-refractivity contribution in [1.82, 2.24) is 10.2 Å². The van der Waals surface area contributed by atoms with Gasteiger partial charge in [-0.2, -0.15) is 0 Å². The minimum absolute atomic E-state index is 0.0911. The molecule has 0 radical (unpaired) electrons. The Balaban J connectivity index is 1.14. The second-order valence-electron chi connectivity index (χ2n) is 12.5. The van der Waals surface area contributed by atoms with Crippen LogP contribution in [0.5, 0.6) is 11.5 Å². The smallest absolute Gasteiger partial charge is 0.335 e. The molecular weight excluding hydrogens is 714 g/mol. The maximum absolute atomic E-state index is 13.3. The van der Waals surface area contributed by atoms with Gasteiger partial charge in [0.1, 0.15) is 11.5 Å². The zero-order chi connectivity index (χ0) is 37.8. The van der Waals surface area contributed by atoms with Gasteiger partial charge in [-0.1, -0.05) is 68.9 Å². The molecule has 0 atom stereocenters. The van der Waals surface area contributed by atoms with Gasteiger partial charge in [0.05, 0.1) is 52.0 Å². The van der Waals surface area contributed by atoms with Crippen molar-refractivity contribution in [2.75, 3.05) is 39.6 Å². The molecule has 0 aliphatic heterocycles. The topological polar surface area (TPSA) is 128 Å². The van der Waals surface area contributed by atoms with Gasteiger partial charge in [0.2, 0.25) is 11.8 Å². The predicted octanol–water partition coefficient (Wildman–Crippen LogP) is 11.5. The van der Waals surface area contributed by atoms with E-state index in [2.05, 4.69) is 10.2 Å². The molecule has 0 unspecified atom stereocenters. The van der Waals surface area contributed by atoms with Crippen LogP contribution in [0.3, 0.4) is 0 Å². The summed E-state index contributed by atoms with van der Waals surface area (Å²) in [7, 11) is -6.65. The number of ether oxygens (including phenoxy) is 2. The van der Waals surface area contributed by atoms with E-state index in [-0.39, 0.29) is 38.8 Å². The van der Waals surface area contributed by atoms with Crippen molar-refractivity contribution in [2.45, 2.75) is 91.4 Å². The molecule has 13 heteroatoms. The van der Waals surface area contributed by atoms with Gasteiger partial charge in [-0.15, -0.1) is 10.2 Å². The quantitative estimate of drug-likeness (QED) is 0.0424. The number of aromatic nitrogens is 2. The third-order valence-corrected chi connectivity index (χ3v) is 12.4. The van der Waals surface area contributed by atoms with Crippen LogP contribution < -0.4 is 9.47 Å². The molecule has 290 valence electrons. The standard InChI is InChI=1S/C40H56N2O9P2/c1-5-47-52(43,48-6-2)31-33-22-23-36(32-53(44,49-7-3)50-8-4)38(30-33)46-29-19-14-12-10-9-11-13-18-28-45-37-26-24-35(25-27-37)40-42-41-39(51-40)34-20-16-15-17-21-34/h15-17,20-27,30H,5-14,18-19,28-29,31-32H2,1-4H3. The van der Waals surface area contributed by atoms with Gasteiger partial charge in [-0.3, -0.25) is 9.13 Å². The van der Waals surface area contributed by atoms with Crippen molar-refractivity contribution < 1.29 is 41.1 Å². The minimum Gasteiger partial charge on any atom is -0.494 e. The van der Waals surface area contributed by atoms with Crippen molar-refractivity contribution in [3.8, 4) is 34.4 Å². The summed E-state index contributed by atoms with van der Waals surface area (Å²) in [6.07, 6.45) is 8.93. The normalized spacial score (nSPS) is 11.9. The largest absolute Gasteiger partial charge is 0.494 e. The number of rotatable bonds is 27. The molecule has 4 rings (SSSR count). The monoisotopic (exact) mass is 770 g/mol. The van der Waals surface area contributed by atoms with Crippen LogP contribution in [-0.2, 0) is 39.5 Å². The van der Waals surface area contributed by atoms with Crippen LogP contribution in [0.15, 0.2) is 77.2 Å². The zero-order valence-electron chi connectivity index (χ0n) is 31.7. The molecule has 0 aliphatic rings. The SMILES string of the molecule is CCOP(=O)(Cc1ccc(CP(=O)(OCC)OCC)c(OCCCCCCCCCCOc2ccc(-c3nnc(-c4ccccc4)o3)cc2)c1)OCC. The molecule has 0 saturated carbocycles. The third kappa shape index (κ3) is 14.5. The van der Waals surface area contributed by atoms with Crippen LogP contribution in [0, 0.1) is 0 Å². The van der Waals surface area contributed by atoms with Crippen molar-refractivity contribution in [3.05, 3.63) is 83.9 Å². The molecule has 0 fully saturated rings. The highest BCUT2D eigenvalue weighted by molar-refractivity contribution is 7.53. The van der Waals surface area contributed by atoms with Gasteiger partial charge in [0.25, 0.3) is 0 Å². The van der Waals surface area contributed by atoms with Crippen molar-refractivity contribution >= 4 is 15.2 Å². The first kappa shape index (κ1) is 42.4. The Hall–Kier alpha value is -3.30. The molecule has 0 saturated heterocycles. The molecule has 11 nitrogen and oxygen atoms in total. The third-order valence-electron chi connectivity index (χ3n) is 8.29. The Morgan fingerprint density at radius 2 is 1.04 bits per heavy atom. The fraction of sp³-hybridized carbons (Fsp3) is 0.500. The highest BCUT2D eigenvalue weighted by Crippen LogP contribution is 2.54. The van der Waals surface area contributed by atoms with E-state index >= 15 is 0 Å². The summed E-state index contributed by atoms with van der Waals surface area (Å²) in [6.45, 7) is 9.50. The fourth-order valence-corrected chi connectivity index (χ4v) is 9.22. The van der Waals surface area contributed by atoms with Gasteiger partial charge < -0.3 is 32.0 Å². The van der Waals surface area contributed by atoms with Crippen LogP contribution in [0.25, 0.3) is 22.9 Å². The van der Waals surface area contributed by atoms with Gasteiger partial charge in [0.15, 0.2) is 0 Å². The minimum atomic E-state index is -3.35. The van der Waals surface area contributed by atoms with E-state index in [1.807, 2.05) is 72.8 Å². The number of nitrogens with zero attached hydrogens (tertiary/aromatic N) is 2. The van der Waals surface area contributed by atoms with Crippen LogP contribution >= 0.6 is 15.2 Å². The maximum atomic E-state index is 13.3. The number of hydrogen-bond donors (Lipinski definition) is 0. The summed E-state index contributed by atoms with van der Waals surface area (Å²) in [5.74, 6) is 2.40. The Kier molecular flexibility index (Phi) is 18.3. The van der Waals surface area contributed by atoms with Crippen molar-refractivity contribution in [3.63, 3.8) is 0 Å². The summed E-state index contributed by atoms with van der Waals surface area (Å²) >= 11 is 0. The average molecular weight is 771 g/mol. The second kappa shape index (κ2) is 22.8. The first-order valence-electron chi connectivity index (χ1n) is 18.9. The summed E-state index contributed by atoms with van der Waals surface area (Å²) in [5, 5.41) is 8.35. The Labute approximate surface area is 315 Å². The molecule has 4 aromatic rings. The fourth-order valence-electron chi connectivity index (χ4n) is 5.81. The molecule has 53 heavy (non-hydrogen) atoms. The van der Waals surface area contributed by atoms with E-state index < -0.39 is 15.2 Å². The lowest BCUT2D eigenvalue weighted by Gasteiger charge is -2.21. The Bertz CT molecular complexity index is 1700. The number of hydrogen-bond acceptors (Lipinski definition) is 11. The molecule has 0 amide bonds. The van der Waals surface area contributed by atoms with Crippen LogP contribution in [0.1, 0.15) is 90.2 Å². The van der Waals surface area contributed by atoms with E-state index in [9.17, 15) is 9.13 Å². The predicted molar refractivity (Wildman–Crippen MR) is 209 cm³/mol. The first-order valence-corrected chi connectivity index (χ1v) is 22.4. The second-order valence-corrected chi connectivity index (χ2v) is 16.6. The molecule has 1 aromatic heterocycles. The molecule has 0 N–H and O–H groups in total. The van der Waals surface area contributed by atoms with Gasteiger partial charge in [-0.05, 0) is 88.6 Å². The lowest BCUT2D eigenvalue weighted by Crippen LogP contribution is -2.05. The zero-order valence-corrected chi connectivity index (χ0v) is 33.5. The Morgan fingerprint density at radius 1 is 0.547 bits per heavy atom. The van der Waals surface area contributed by atoms with Crippen molar-refractivity contribution in [2.24, 2.45) is 0 Å². The van der Waals surface area contributed by atoms with E-state index in [4.69, 9.17) is 32.0 Å². The maximum Gasteiger partial charge on any atom is 0.335 e. The first-order chi connectivity index (χ1) is 25.8. The van der Waals surface area contributed by atoms with E-state index in [0.717, 1.165) is 60.1 Å². The van der Waals surface area contributed by atoms with Crippen LogP contribution in [-0.4, -0.2) is 49.8 Å². The van der Waals surface area contributed by atoms with Crippen LogP contribution in [0.4, 0.5) is 0 Å². The van der Waals surface area contributed by atoms with Gasteiger partial charge >= 0.3 is 15.2 Å². The molecule has 0 spiro atoms. The molecule has 1 heterocycles. The summed E-state index contributed by atoms with van der Waals surface area (Å²) in [4.78, 5) is 0. The lowest BCUT2D eigenvalue weighted by atomic mass is 10.1. The summed E-state index contributed by atoms with van der Waals surface area (Å²) in [6, 6.07) is 23.0. The molecule has 0 bridgehead atoms. The number of benzene rings is 3. The van der Waals surface area contributed by atoms with E-state index in [0.29, 0.717) is 30.7 Å². The lowest BCUT2D eigenvalue weighted by molar-refractivity contribution is 0.217. The molecular formula is C40H56N2O9P2. The number of unbranched alkanes of at least 4 members (excludes halogenated alkanes) is 7. The van der Waals surface area contributed by atoms with Gasteiger partial charge in [-0.25, -0.2) is 0 Å². The molecule has 0 aliphatic carbocycles. The summed E-state index contributed by atoms with van der Waals surface area (Å²) < 4.78 is 66.7.